The molecule has 21 heavy (non-hydrogen) atoms. The number of carboxylic acid groups (broad SMARTS) is 1. The average molecular weight is 286 g/mol. The van der Waals surface area contributed by atoms with Gasteiger partial charge in [0.25, 0.3) is 0 Å². The number of carboxylic acids is 1. The monoisotopic (exact) mass is 286 g/mol. The minimum absolute atomic E-state index is 0.579. The topological polar surface area (TPSA) is 55.8 Å². The fraction of sp³-hybridized carbons (Fsp3) is 0.235. The predicted octanol–water partition coefficient (Wildman–Crippen LogP) is 3.08. The average Bonchev–Trinajstić information content (AvgIpc) is 2.50. The van der Waals surface area contributed by atoms with Crippen molar-refractivity contribution in [1.29, 1.82) is 0 Å². The molecule has 0 saturated heterocycles. The Labute approximate surface area is 123 Å². The number of methoxy groups -OCH3 is 1. The van der Waals surface area contributed by atoms with Crippen LogP contribution in [0.15, 0.2) is 54.6 Å². The summed E-state index contributed by atoms with van der Waals surface area (Å²) < 4.78 is 10.6. The lowest BCUT2D eigenvalue weighted by Gasteiger charge is -2.12. The Morgan fingerprint density at radius 1 is 1.10 bits per heavy atom. The quantitative estimate of drug-likeness (QED) is 0.850. The van der Waals surface area contributed by atoms with Gasteiger partial charge in [-0.05, 0) is 23.3 Å². The van der Waals surface area contributed by atoms with Crippen molar-refractivity contribution < 1.29 is 19.4 Å². The summed E-state index contributed by atoms with van der Waals surface area (Å²) in [6.45, 7) is 0.579. The van der Waals surface area contributed by atoms with Gasteiger partial charge in [-0.3, -0.25) is 0 Å². The molecule has 0 radical (unpaired) electrons. The molecule has 4 nitrogen and oxygen atoms in total. The van der Waals surface area contributed by atoms with Crippen LogP contribution in [0.4, 0.5) is 0 Å². The van der Waals surface area contributed by atoms with Crippen LogP contribution in [0, 0.1) is 0 Å². The van der Waals surface area contributed by atoms with E-state index < -0.39 is 12.1 Å². The van der Waals surface area contributed by atoms with Crippen LogP contribution in [0.2, 0.25) is 0 Å². The van der Waals surface area contributed by atoms with Crippen LogP contribution in [0.5, 0.6) is 5.75 Å². The summed E-state index contributed by atoms with van der Waals surface area (Å²) >= 11 is 0. The Bertz CT molecular complexity index is 563. The first kappa shape index (κ1) is 15.1. The fourth-order valence-corrected chi connectivity index (χ4v) is 2.05. The van der Waals surface area contributed by atoms with E-state index in [0.29, 0.717) is 12.2 Å². The lowest BCUT2D eigenvalue weighted by molar-refractivity contribution is -0.148. The van der Waals surface area contributed by atoms with Gasteiger partial charge < -0.3 is 14.6 Å². The first-order chi connectivity index (χ1) is 10.2. The second-order valence-electron chi connectivity index (χ2n) is 4.61. The summed E-state index contributed by atoms with van der Waals surface area (Å²) in [5.74, 6) is -0.287. The normalized spacial score (nSPS) is 11.9. The molecule has 2 rings (SSSR count). The Morgan fingerprint density at radius 3 is 2.33 bits per heavy atom. The van der Waals surface area contributed by atoms with Gasteiger partial charge in [0.2, 0.25) is 0 Å². The van der Waals surface area contributed by atoms with Gasteiger partial charge >= 0.3 is 5.97 Å². The molecule has 1 atom stereocenters. The van der Waals surface area contributed by atoms with E-state index in [9.17, 15) is 4.79 Å². The largest absolute Gasteiger partial charge is 0.493 e. The van der Waals surface area contributed by atoms with E-state index in [1.54, 1.807) is 24.3 Å². The van der Waals surface area contributed by atoms with Gasteiger partial charge in [-0.25, -0.2) is 4.79 Å². The molecule has 2 aromatic carbocycles. The van der Waals surface area contributed by atoms with E-state index in [1.807, 2.05) is 18.2 Å². The molecule has 0 spiro atoms. The number of hydrogen-bond donors (Lipinski definition) is 1. The Kier molecular flexibility index (Phi) is 5.35. The number of benzene rings is 2. The Morgan fingerprint density at radius 2 is 1.76 bits per heavy atom. The van der Waals surface area contributed by atoms with Crippen LogP contribution in [0.1, 0.15) is 17.2 Å². The first-order valence-electron chi connectivity index (χ1n) is 6.73. The Balaban J connectivity index is 1.89. The maximum absolute atomic E-state index is 11.0. The van der Waals surface area contributed by atoms with Gasteiger partial charge in [-0.15, -0.1) is 0 Å². The molecule has 0 fully saturated rings. The summed E-state index contributed by atoms with van der Waals surface area (Å²) in [7, 11) is 1.38. The summed E-state index contributed by atoms with van der Waals surface area (Å²) in [6, 6.07) is 17.0. The van der Waals surface area contributed by atoms with Crippen molar-refractivity contribution in [3.8, 4) is 5.75 Å². The van der Waals surface area contributed by atoms with Crippen molar-refractivity contribution in [3.63, 3.8) is 0 Å². The third kappa shape index (κ3) is 4.33. The number of rotatable bonds is 7. The minimum Gasteiger partial charge on any atom is -0.493 e. The summed E-state index contributed by atoms with van der Waals surface area (Å²) in [5, 5.41) is 9.01. The van der Waals surface area contributed by atoms with E-state index in [2.05, 4.69) is 12.1 Å². The standard InChI is InChI=1S/C17H18O4/c1-20-16(17(18)19)14-7-9-15(10-8-14)21-12-11-13-5-3-2-4-6-13/h2-10,16H,11-12H2,1H3,(H,18,19). The van der Waals surface area contributed by atoms with E-state index in [1.165, 1.54) is 12.7 Å². The molecule has 0 bridgehead atoms. The van der Waals surface area contributed by atoms with Crippen molar-refractivity contribution in [2.24, 2.45) is 0 Å². The number of aliphatic carboxylic acids is 1. The third-order valence-electron chi connectivity index (χ3n) is 3.15. The van der Waals surface area contributed by atoms with Crippen LogP contribution in [0.25, 0.3) is 0 Å². The maximum Gasteiger partial charge on any atom is 0.337 e. The molecule has 1 unspecified atom stereocenters. The summed E-state index contributed by atoms with van der Waals surface area (Å²) in [4.78, 5) is 11.0. The molecule has 0 saturated carbocycles. The lowest BCUT2D eigenvalue weighted by atomic mass is 10.1. The van der Waals surface area contributed by atoms with E-state index in [-0.39, 0.29) is 0 Å². The molecule has 0 heterocycles. The summed E-state index contributed by atoms with van der Waals surface area (Å²) in [5.41, 5.74) is 1.82. The van der Waals surface area contributed by atoms with Crippen LogP contribution >= 0.6 is 0 Å². The van der Waals surface area contributed by atoms with Crippen molar-refractivity contribution in [2.45, 2.75) is 12.5 Å². The number of ether oxygens (including phenoxy) is 2. The zero-order chi connectivity index (χ0) is 15.1. The van der Waals surface area contributed by atoms with E-state index in [4.69, 9.17) is 14.6 Å². The first-order valence-corrected chi connectivity index (χ1v) is 6.73. The highest BCUT2D eigenvalue weighted by atomic mass is 16.5. The Hall–Kier alpha value is -2.33. The number of hydrogen-bond acceptors (Lipinski definition) is 3. The van der Waals surface area contributed by atoms with E-state index in [0.717, 1.165) is 12.2 Å². The SMILES string of the molecule is COC(C(=O)O)c1ccc(OCCc2ccccc2)cc1. The van der Waals surface area contributed by atoms with Gasteiger partial charge in [0.1, 0.15) is 5.75 Å². The van der Waals surface area contributed by atoms with Crippen molar-refractivity contribution in [1.82, 2.24) is 0 Å². The highest BCUT2D eigenvalue weighted by molar-refractivity contribution is 5.74. The van der Waals surface area contributed by atoms with Gasteiger partial charge in [0.05, 0.1) is 6.61 Å². The van der Waals surface area contributed by atoms with Crippen molar-refractivity contribution in [3.05, 3.63) is 65.7 Å². The zero-order valence-corrected chi connectivity index (χ0v) is 11.9. The highest BCUT2D eigenvalue weighted by Gasteiger charge is 2.18. The molecular weight excluding hydrogens is 268 g/mol. The predicted molar refractivity (Wildman–Crippen MR) is 79.5 cm³/mol. The molecule has 0 aliphatic carbocycles. The second kappa shape index (κ2) is 7.45. The van der Waals surface area contributed by atoms with Crippen LogP contribution in [-0.2, 0) is 16.0 Å². The van der Waals surface area contributed by atoms with Gasteiger partial charge in [0.15, 0.2) is 6.10 Å². The molecule has 1 N–H and O–H groups in total. The van der Waals surface area contributed by atoms with Gasteiger partial charge in [-0.1, -0.05) is 42.5 Å². The molecular formula is C17H18O4. The highest BCUT2D eigenvalue weighted by Crippen LogP contribution is 2.20. The smallest absolute Gasteiger partial charge is 0.337 e. The molecule has 0 amide bonds. The van der Waals surface area contributed by atoms with Crippen LogP contribution in [0.3, 0.4) is 0 Å². The third-order valence-corrected chi connectivity index (χ3v) is 3.15. The maximum atomic E-state index is 11.0. The van der Waals surface area contributed by atoms with Crippen molar-refractivity contribution in [2.75, 3.05) is 13.7 Å². The molecule has 0 aliphatic heterocycles. The van der Waals surface area contributed by atoms with Crippen molar-refractivity contribution >= 4 is 5.97 Å². The minimum atomic E-state index is -1.00. The molecule has 110 valence electrons. The molecule has 2 aromatic rings. The number of carbonyl (C=O) groups is 1. The zero-order valence-electron chi connectivity index (χ0n) is 11.9. The summed E-state index contributed by atoms with van der Waals surface area (Å²) in [6.07, 6.45) is -0.110. The van der Waals surface area contributed by atoms with Crippen LogP contribution in [-0.4, -0.2) is 24.8 Å². The van der Waals surface area contributed by atoms with Crippen LogP contribution < -0.4 is 4.74 Å². The molecule has 0 aliphatic rings. The molecule has 0 aromatic heterocycles. The van der Waals surface area contributed by atoms with Gasteiger partial charge in [-0.2, -0.15) is 0 Å². The second-order valence-corrected chi connectivity index (χ2v) is 4.61. The fourth-order valence-electron chi connectivity index (χ4n) is 2.05. The lowest BCUT2D eigenvalue weighted by Crippen LogP contribution is -2.13. The van der Waals surface area contributed by atoms with Gasteiger partial charge in [0, 0.05) is 13.5 Å². The van der Waals surface area contributed by atoms with E-state index >= 15 is 0 Å². The molecule has 4 heteroatoms.